The number of imide groups is 1. The molecule has 7 heteroatoms. The minimum absolute atomic E-state index is 0.0484. The number of carbonyl (C=O) groups is 3. The Hall–Kier alpha value is -4.39. The highest BCUT2D eigenvalue weighted by Crippen LogP contribution is 2.75. The topological polar surface area (TPSA) is 97.6 Å². The Bertz CT molecular complexity index is 1440. The quantitative estimate of drug-likeness (QED) is 0.243. The Labute approximate surface area is 219 Å². The molecular formula is C31H26N2O5. The minimum atomic E-state index is -1.16. The van der Waals surface area contributed by atoms with Gasteiger partial charge in [-0.05, 0) is 47.2 Å². The first kappa shape index (κ1) is 24.0. The molecule has 3 aromatic carbocycles. The van der Waals surface area contributed by atoms with E-state index in [0.29, 0.717) is 12.8 Å². The molecular weight excluding hydrogens is 480 g/mol. The predicted molar refractivity (Wildman–Crippen MR) is 143 cm³/mol. The molecule has 1 heterocycles. The zero-order chi connectivity index (χ0) is 26.8. The van der Waals surface area contributed by atoms with Crippen molar-refractivity contribution in [3.63, 3.8) is 0 Å². The fraction of sp³-hybridized carbons (Fsp3) is 0.258. The number of hydrogen-bond acceptors (Lipinski definition) is 5. The summed E-state index contributed by atoms with van der Waals surface area (Å²) in [5.41, 5.74) is 1.28. The first-order valence-electron chi connectivity index (χ1n) is 12.9. The fourth-order valence-corrected chi connectivity index (χ4v) is 7.43. The summed E-state index contributed by atoms with van der Waals surface area (Å²) < 4.78 is 0. The maximum Gasteiger partial charge on any atom is 0.269 e. The van der Waals surface area contributed by atoms with Crippen LogP contribution in [0.25, 0.3) is 11.1 Å². The molecule has 2 aliphatic carbocycles. The number of ketones is 1. The molecule has 0 aromatic heterocycles. The van der Waals surface area contributed by atoms with Crippen molar-refractivity contribution in [2.45, 2.75) is 26.7 Å². The predicted octanol–water partition coefficient (Wildman–Crippen LogP) is 5.70. The number of nitro benzene ring substituents is 1. The average molecular weight is 507 g/mol. The van der Waals surface area contributed by atoms with E-state index >= 15 is 0 Å². The van der Waals surface area contributed by atoms with Crippen LogP contribution in [0.1, 0.15) is 37.8 Å². The van der Waals surface area contributed by atoms with Crippen molar-refractivity contribution in [1.82, 2.24) is 0 Å². The first-order chi connectivity index (χ1) is 18.3. The monoisotopic (exact) mass is 506 g/mol. The summed E-state index contributed by atoms with van der Waals surface area (Å²) in [6.07, 6.45) is 0.755. The zero-order valence-electron chi connectivity index (χ0n) is 21.1. The lowest BCUT2D eigenvalue weighted by molar-refractivity contribution is -0.384. The van der Waals surface area contributed by atoms with Crippen molar-refractivity contribution in [3.8, 4) is 0 Å². The number of non-ortho nitro benzene ring substituents is 1. The number of rotatable bonds is 6. The number of anilines is 1. The summed E-state index contributed by atoms with van der Waals surface area (Å²) in [5.74, 6) is -2.57. The van der Waals surface area contributed by atoms with Crippen molar-refractivity contribution in [3.05, 3.63) is 106 Å². The average Bonchev–Trinajstić information content (AvgIpc) is 3.45. The zero-order valence-corrected chi connectivity index (χ0v) is 21.1. The highest BCUT2D eigenvalue weighted by Gasteiger charge is 2.80. The lowest BCUT2D eigenvalue weighted by Gasteiger charge is -2.38. The number of nitro groups is 1. The van der Waals surface area contributed by atoms with Gasteiger partial charge in [0.1, 0.15) is 0 Å². The number of hydrogen-bond donors (Lipinski definition) is 0. The Morgan fingerprint density at radius 3 is 1.50 bits per heavy atom. The minimum Gasteiger partial charge on any atom is -0.298 e. The van der Waals surface area contributed by atoms with E-state index in [9.17, 15) is 24.5 Å². The number of amides is 2. The van der Waals surface area contributed by atoms with Gasteiger partial charge in [-0.1, -0.05) is 74.5 Å². The lowest BCUT2D eigenvalue weighted by atomic mass is 9.60. The summed E-state index contributed by atoms with van der Waals surface area (Å²) in [4.78, 5) is 54.8. The number of benzene rings is 3. The van der Waals surface area contributed by atoms with Crippen molar-refractivity contribution in [2.75, 3.05) is 4.90 Å². The molecule has 1 saturated heterocycles. The van der Waals surface area contributed by atoms with Gasteiger partial charge in [0.05, 0.1) is 33.3 Å². The van der Waals surface area contributed by atoms with E-state index in [1.165, 1.54) is 24.3 Å². The van der Waals surface area contributed by atoms with Crippen molar-refractivity contribution in [2.24, 2.45) is 22.7 Å². The van der Waals surface area contributed by atoms with Crippen LogP contribution < -0.4 is 4.90 Å². The molecule has 1 aliphatic heterocycles. The van der Waals surface area contributed by atoms with Crippen LogP contribution in [-0.2, 0) is 14.4 Å². The number of fused-ring (bicyclic) bond motifs is 5. The second kappa shape index (κ2) is 8.31. The van der Waals surface area contributed by atoms with Gasteiger partial charge in [0.15, 0.2) is 5.78 Å². The Morgan fingerprint density at radius 2 is 1.13 bits per heavy atom. The fourth-order valence-electron chi connectivity index (χ4n) is 7.43. The SMILES string of the molecule is CC[C@]12C(=O)[C@](CC)(C(c3ccccc3)=C1c1ccccc1)[C@H]1C(=O)N(c3ccc([N+](=O)[O-])cc3)C(=O)[C@@H]12. The Balaban J connectivity index is 1.62. The van der Waals surface area contributed by atoms with Crippen LogP contribution in [0.2, 0.25) is 0 Å². The molecule has 3 aromatic rings. The molecule has 0 N–H and O–H groups in total. The molecule has 0 spiro atoms. The van der Waals surface area contributed by atoms with Crippen LogP contribution in [0.5, 0.6) is 0 Å². The third kappa shape index (κ3) is 2.76. The molecule has 190 valence electrons. The summed E-state index contributed by atoms with van der Waals surface area (Å²) in [6, 6.07) is 24.8. The largest absolute Gasteiger partial charge is 0.298 e. The van der Waals surface area contributed by atoms with Gasteiger partial charge in [-0.2, -0.15) is 0 Å². The molecule has 38 heavy (non-hydrogen) atoms. The lowest BCUT2D eigenvalue weighted by Crippen LogP contribution is -2.41. The van der Waals surface area contributed by atoms with Crippen LogP contribution in [0.4, 0.5) is 11.4 Å². The maximum absolute atomic E-state index is 14.7. The smallest absolute Gasteiger partial charge is 0.269 e. The van der Waals surface area contributed by atoms with Gasteiger partial charge in [-0.25, -0.2) is 4.90 Å². The summed E-state index contributed by atoms with van der Waals surface area (Å²) in [5, 5.41) is 11.2. The van der Waals surface area contributed by atoms with Gasteiger partial charge < -0.3 is 0 Å². The number of carbonyl (C=O) groups excluding carboxylic acids is 3. The molecule has 3 aliphatic rings. The molecule has 0 unspecified atom stereocenters. The number of allylic oxidation sites excluding steroid dienone is 2. The van der Waals surface area contributed by atoms with E-state index in [4.69, 9.17) is 0 Å². The maximum atomic E-state index is 14.7. The normalized spacial score (nSPS) is 27.8. The van der Waals surface area contributed by atoms with Gasteiger partial charge in [-0.15, -0.1) is 0 Å². The highest BCUT2D eigenvalue weighted by atomic mass is 16.6. The number of nitrogens with zero attached hydrogens (tertiary/aromatic N) is 2. The van der Waals surface area contributed by atoms with Crippen molar-refractivity contribution >= 4 is 40.1 Å². The first-order valence-corrected chi connectivity index (χ1v) is 12.9. The van der Waals surface area contributed by atoms with E-state index in [-0.39, 0.29) is 17.2 Å². The van der Waals surface area contributed by atoms with Crippen LogP contribution in [0.3, 0.4) is 0 Å². The van der Waals surface area contributed by atoms with Crippen molar-refractivity contribution in [1.29, 1.82) is 0 Å². The molecule has 1 saturated carbocycles. The van der Waals surface area contributed by atoms with Crippen LogP contribution in [0, 0.1) is 32.8 Å². The molecule has 4 atom stereocenters. The van der Waals surface area contributed by atoms with Gasteiger partial charge in [-0.3, -0.25) is 24.5 Å². The standard InChI is InChI=1S/C31H26N2O5/c1-3-30-23(19-11-7-5-8-12-19)24(20-13-9-6-10-14-20)31(4-2,29(30)36)26-25(30)27(34)32(28(26)35)21-15-17-22(18-16-21)33(37)38/h5-18,25-26H,3-4H2,1-2H3/t25-,26-,30-,31+/m1/s1. The molecule has 7 nitrogen and oxygen atoms in total. The number of Topliss-reactive ketones (excluding diaryl/α,β-unsaturated/α-hetero) is 1. The van der Waals surface area contributed by atoms with Gasteiger partial charge in [0.2, 0.25) is 11.8 Å². The van der Waals surface area contributed by atoms with E-state index in [1.54, 1.807) is 0 Å². The van der Waals surface area contributed by atoms with E-state index in [1.807, 2.05) is 74.5 Å². The third-order valence-electron chi connectivity index (χ3n) is 8.88. The van der Waals surface area contributed by atoms with Crippen LogP contribution >= 0.6 is 0 Å². The molecule has 0 radical (unpaired) electrons. The molecule has 2 fully saturated rings. The molecule has 2 amide bonds. The van der Waals surface area contributed by atoms with E-state index < -0.39 is 39.4 Å². The third-order valence-corrected chi connectivity index (χ3v) is 8.88. The second-order valence-electron chi connectivity index (χ2n) is 10.2. The van der Waals surface area contributed by atoms with Crippen LogP contribution in [-0.4, -0.2) is 22.5 Å². The van der Waals surface area contributed by atoms with E-state index in [2.05, 4.69) is 0 Å². The van der Waals surface area contributed by atoms with E-state index in [0.717, 1.165) is 27.2 Å². The van der Waals surface area contributed by atoms with Gasteiger partial charge >= 0.3 is 0 Å². The second-order valence-corrected chi connectivity index (χ2v) is 10.2. The Morgan fingerprint density at radius 1 is 0.711 bits per heavy atom. The Kier molecular flexibility index (Phi) is 5.24. The molecule has 6 rings (SSSR count). The summed E-state index contributed by atoms with van der Waals surface area (Å²) in [6.45, 7) is 3.84. The summed E-state index contributed by atoms with van der Waals surface area (Å²) >= 11 is 0. The molecule has 2 bridgehead atoms. The summed E-state index contributed by atoms with van der Waals surface area (Å²) in [7, 11) is 0. The highest BCUT2D eigenvalue weighted by molar-refractivity contribution is 6.34. The van der Waals surface area contributed by atoms with Gasteiger partial charge in [0, 0.05) is 12.1 Å². The van der Waals surface area contributed by atoms with Gasteiger partial charge in [0.25, 0.3) is 5.69 Å². The van der Waals surface area contributed by atoms with Crippen molar-refractivity contribution < 1.29 is 19.3 Å². The van der Waals surface area contributed by atoms with Crippen LogP contribution in [0.15, 0.2) is 84.9 Å².